The summed E-state index contributed by atoms with van der Waals surface area (Å²) in [6.45, 7) is 3.06. The van der Waals surface area contributed by atoms with E-state index in [1.54, 1.807) is 0 Å². The number of nitrogens with zero attached hydrogens (tertiary/aromatic N) is 2. The zero-order valence-corrected chi connectivity index (χ0v) is 13.6. The number of hydrogen-bond acceptors (Lipinski definition) is 4. The van der Waals surface area contributed by atoms with E-state index in [0.717, 1.165) is 25.7 Å². The molecule has 0 unspecified atom stereocenters. The maximum absolute atomic E-state index is 12.4. The summed E-state index contributed by atoms with van der Waals surface area (Å²) in [5.41, 5.74) is -0.0403. The molecule has 6 nitrogen and oxygen atoms in total. The fourth-order valence-corrected chi connectivity index (χ4v) is 2.48. The largest absolute Gasteiger partial charge is 0.573 e. The van der Waals surface area contributed by atoms with Crippen molar-refractivity contribution in [3.8, 4) is 5.75 Å². The highest BCUT2D eigenvalue weighted by atomic mass is 19.4. The van der Waals surface area contributed by atoms with Crippen LogP contribution in [0.2, 0.25) is 0 Å². The zero-order valence-electron chi connectivity index (χ0n) is 13.6. The van der Waals surface area contributed by atoms with Crippen LogP contribution in [0.15, 0.2) is 24.3 Å². The Morgan fingerprint density at radius 2 is 2.00 bits per heavy atom. The Labute approximate surface area is 138 Å². The first-order chi connectivity index (χ1) is 11.2. The highest BCUT2D eigenvalue weighted by molar-refractivity contribution is 5.90. The van der Waals surface area contributed by atoms with Gasteiger partial charge in [0.15, 0.2) is 5.75 Å². The lowest BCUT2D eigenvalue weighted by Gasteiger charge is -2.37. The van der Waals surface area contributed by atoms with E-state index in [4.69, 9.17) is 0 Å². The van der Waals surface area contributed by atoms with Gasteiger partial charge in [-0.3, -0.25) is 4.90 Å². The zero-order chi connectivity index (χ0) is 17.7. The molecule has 0 saturated carbocycles. The number of carbonyl (C=O) groups is 1. The van der Waals surface area contributed by atoms with Crippen LogP contribution in [0.1, 0.15) is 0 Å². The SMILES string of the molecule is CN1CCN(C)[C@H](CNC(=O)Nc2ccccc2OC(F)(F)F)C1. The molecular formula is C15H21F3N4O2. The van der Waals surface area contributed by atoms with Crippen molar-refractivity contribution in [1.82, 2.24) is 15.1 Å². The van der Waals surface area contributed by atoms with Crippen molar-refractivity contribution in [3.63, 3.8) is 0 Å². The van der Waals surface area contributed by atoms with E-state index in [2.05, 4.69) is 25.2 Å². The average Bonchev–Trinajstić information content (AvgIpc) is 2.49. The molecule has 1 aromatic carbocycles. The lowest BCUT2D eigenvalue weighted by atomic mass is 10.2. The first-order valence-electron chi connectivity index (χ1n) is 7.53. The molecule has 1 saturated heterocycles. The number of likely N-dealkylation sites (N-methyl/N-ethyl adjacent to an activating group) is 2. The van der Waals surface area contributed by atoms with Crippen molar-refractivity contribution in [2.75, 3.05) is 45.6 Å². The van der Waals surface area contributed by atoms with Gasteiger partial charge in [0.25, 0.3) is 0 Å². The van der Waals surface area contributed by atoms with Gasteiger partial charge in [-0.1, -0.05) is 12.1 Å². The van der Waals surface area contributed by atoms with E-state index < -0.39 is 18.1 Å². The minimum Gasteiger partial charge on any atom is -0.404 e. The molecule has 1 heterocycles. The van der Waals surface area contributed by atoms with Crippen molar-refractivity contribution in [1.29, 1.82) is 0 Å². The van der Waals surface area contributed by atoms with Crippen LogP contribution >= 0.6 is 0 Å². The molecule has 1 atom stereocenters. The van der Waals surface area contributed by atoms with E-state index in [1.807, 2.05) is 14.1 Å². The Morgan fingerprint density at radius 3 is 2.71 bits per heavy atom. The molecule has 0 radical (unpaired) electrons. The van der Waals surface area contributed by atoms with Crippen LogP contribution in [0.3, 0.4) is 0 Å². The second kappa shape index (κ2) is 7.71. The predicted molar refractivity (Wildman–Crippen MR) is 84.1 cm³/mol. The molecule has 0 aliphatic carbocycles. The first-order valence-corrected chi connectivity index (χ1v) is 7.53. The number of hydrogen-bond donors (Lipinski definition) is 2. The Hall–Kier alpha value is -2.00. The number of nitrogens with one attached hydrogen (secondary N) is 2. The molecule has 134 valence electrons. The van der Waals surface area contributed by atoms with Crippen molar-refractivity contribution in [2.45, 2.75) is 12.4 Å². The van der Waals surface area contributed by atoms with Gasteiger partial charge in [-0.25, -0.2) is 4.79 Å². The van der Waals surface area contributed by atoms with Crippen LogP contribution in [-0.4, -0.2) is 68.5 Å². The summed E-state index contributed by atoms with van der Waals surface area (Å²) < 4.78 is 41.0. The van der Waals surface area contributed by atoms with Crippen LogP contribution in [0.25, 0.3) is 0 Å². The number of urea groups is 1. The topological polar surface area (TPSA) is 56.8 Å². The molecule has 2 N–H and O–H groups in total. The maximum Gasteiger partial charge on any atom is 0.573 e. The van der Waals surface area contributed by atoms with Crippen LogP contribution in [0, 0.1) is 0 Å². The van der Waals surface area contributed by atoms with Crippen molar-refractivity contribution in [2.24, 2.45) is 0 Å². The van der Waals surface area contributed by atoms with Gasteiger partial charge in [-0.15, -0.1) is 13.2 Å². The Balaban J connectivity index is 1.90. The number of para-hydroxylation sites is 2. The summed E-state index contributed by atoms with van der Waals surface area (Å²) in [4.78, 5) is 16.3. The third-order valence-electron chi connectivity index (χ3n) is 3.84. The molecule has 0 spiro atoms. The van der Waals surface area contributed by atoms with E-state index in [9.17, 15) is 18.0 Å². The number of ether oxygens (including phenoxy) is 1. The molecular weight excluding hydrogens is 325 g/mol. The van der Waals surface area contributed by atoms with Crippen molar-refractivity contribution in [3.05, 3.63) is 24.3 Å². The Kier molecular flexibility index (Phi) is 5.89. The lowest BCUT2D eigenvalue weighted by molar-refractivity contribution is -0.274. The fraction of sp³-hybridized carbons (Fsp3) is 0.533. The summed E-state index contributed by atoms with van der Waals surface area (Å²) in [6, 6.07) is 4.99. The first kappa shape index (κ1) is 18.3. The summed E-state index contributed by atoms with van der Waals surface area (Å²) in [6.07, 6.45) is -4.82. The molecule has 1 aromatic rings. The number of rotatable bonds is 4. The minimum atomic E-state index is -4.82. The predicted octanol–water partition coefficient (Wildman–Crippen LogP) is 1.95. The number of amides is 2. The molecule has 1 aliphatic rings. The summed E-state index contributed by atoms with van der Waals surface area (Å²) in [5.74, 6) is -0.449. The van der Waals surface area contributed by atoms with Gasteiger partial charge < -0.3 is 20.3 Å². The van der Waals surface area contributed by atoms with Gasteiger partial charge in [0, 0.05) is 32.2 Å². The number of piperazine rings is 1. The molecule has 1 fully saturated rings. The van der Waals surface area contributed by atoms with Crippen molar-refractivity contribution >= 4 is 11.7 Å². The number of halogens is 3. The molecule has 2 rings (SSSR count). The van der Waals surface area contributed by atoms with E-state index in [0.29, 0.717) is 6.54 Å². The van der Waals surface area contributed by atoms with Crippen LogP contribution < -0.4 is 15.4 Å². The standard InChI is InChI=1S/C15H21F3N4O2/c1-21-7-8-22(2)11(10-21)9-19-14(23)20-12-5-3-4-6-13(12)24-15(16,17)18/h3-6,11H,7-10H2,1-2H3,(H2,19,20,23)/t11-/m1/s1. The van der Waals surface area contributed by atoms with Gasteiger partial charge in [-0.2, -0.15) is 0 Å². The number of benzene rings is 1. The quantitative estimate of drug-likeness (QED) is 0.875. The van der Waals surface area contributed by atoms with Gasteiger partial charge in [0.05, 0.1) is 5.69 Å². The van der Waals surface area contributed by atoms with Crippen LogP contribution in [0.5, 0.6) is 5.75 Å². The van der Waals surface area contributed by atoms with E-state index in [1.165, 1.54) is 18.2 Å². The van der Waals surface area contributed by atoms with Crippen LogP contribution in [-0.2, 0) is 0 Å². The van der Waals surface area contributed by atoms with Gasteiger partial charge >= 0.3 is 12.4 Å². The third kappa shape index (κ3) is 5.57. The smallest absolute Gasteiger partial charge is 0.404 e. The van der Waals surface area contributed by atoms with Crippen molar-refractivity contribution < 1.29 is 22.7 Å². The Bertz CT molecular complexity index is 568. The third-order valence-corrected chi connectivity index (χ3v) is 3.84. The van der Waals surface area contributed by atoms with Gasteiger partial charge in [-0.05, 0) is 26.2 Å². The molecule has 0 bridgehead atoms. The Morgan fingerprint density at radius 1 is 1.29 bits per heavy atom. The van der Waals surface area contributed by atoms with Crippen LogP contribution in [0.4, 0.5) is 23.7 Å². The number of carbonyl (C=O) groups excluding carboxylic acids is 1. The minimum absolute atomic E-state index is 0.0403. The summed E-state index contributed by atoms with van der Waals surface area (Å²) in [7, 11) is 3.98. The highest BCUT2D eigenvalue weighted by Crippen LogP contribution is 2.29. The van der Waals surface area contributed by atoms with E-state index in [-0.39, 0.29) is 11.7 Å². The average molecular weight is 346 g/mol. The summed E-state index contributed by atoms with van der Waals surface area (Å²) >= 11 is 0. The molecule has 24 heavy (non-hydrogen) atoms. The fourth-order valence-electron chi connectivity index (χ4n) is 2.48. The monoisotopic (exact) mass is 346 g/mol. The number of alkyl halides is 3. The second-order valence-corrected chi connectivity index (χ2v) is 5.78. The van der Waals surface area contributed by atoms with Gasteiger partial charge in [0.1, 0.15) is 0 Å². The number of anilines is 1. The second-order valence-electron chi connectivity index (χ2n) is 5.78. The normalized spacial score (nSPS) is 19.8. The highest BCUT2D eigenvalue weighted by Gasteiger charge is 2.32. The van der Waals surface area contributed by atoms with Gasteiger partial charge in [0.2, 0.25) is 0 Å². The molecule has 9 heteroatoms. The summed E-state index contributed by atoms with van der Waals surface area (Å²) in [5, 5.41) is 5.08. The molecule has 0 aromatic heterocycles. The molecule has 2 amide bonds. The lowest BCUT2D eigenvalue weighted by Crippen LogP contribution is -2.54. The van der Waals surface area contributed by atoms with E-state index >= 15 is 0 Å². The maximum atomic E-state index is 12.4. The molecule has 1 aliphatic heterocycles.